The van der Waals surface area contributed by atoms with Crippen LogP contribution in [0.15, 0.2) is 59.8 Å². The van der Waals surface area contributed by atoms with Crippen molar-refractivity contribution in [1.29, 1.82) is 0 Å². The largest absolute Gasteiger partial charge is 0.488 e. The van der Waals surface area contributed by atoms with E-state index in [1.54, 1.807) is 37.3 Å². The third kappa shape index (κ3) is 6.41. The molecule has 2 N–H and O–H groups in total. The summed E-state index contributed by atoms with van der Waals surface area (Å²) in [6.45, 7) is 3.47. The number of aromatic nitrogens is 4. The highest BCUT2D eigenvalue weighted by Gasteiger charge is 2.35. The predicted molar refractivity (Wildman–Crippen MR) is 140 cm³/mol. The number of carbonyl (C=O) groups is 2. The lowest BCUT2D eigenvalue weighted by Crippen LogP contribution is -2.50. The summed E-state index contributed by atoms with van der Waals surface area (Å²) < 4.78 is 35.1. The van der Waals surface area contributed by atoms with Crippen LogP contribution in [0.2, 0.25) is 0 Å². The van der Waals surface area contributed by atoms with Gasteiger partial charge in [-0.25, -0.2) is 13.1 Å². The molecule has 14 heteroatoms. The Labute approximate surface area is 226 Å². The monoisotopic (exact) mass is 557 g/mol. The van der Waals surface area contributed by atoms with E-state index >= 15 is 0 Å². The average molecular weight is 558 g/mol. The number of hydrogen-bond donors (Lipinski definition) is 2. The molecule has 3 aromatic rings. The first-order valence-corrected chi connectivity index (χ1v) is 13.8. The lowest BCUT2D eigenvalue weighted by Gasteiger charge is -2.38. The van der Waals surface area contributed by atoms with Crippen molar-refractivity contribution in [3.63, 3.8) is 0 Å². The summed E-state index contributed by atoms with van der Waals surface area (Å²) in [6.07, 6.45) is 0.691. The Bertz CT molecular complexity index is 1400. The Morgan fingerprint density at radius 3 is 2.67 bits per heavy atom. The van der Waals surface area contributed by atoms with Gasteiger partial charge in [0, 0.05) is 25.2 Å². The van der Waals surface area contributed by atoms with E-state index in [9.17, 15) is 23.1 Å². The van der Waals surface area contributed by atoms with Gasteiger partial charge in [-0.15, -0.1) is 5.10 Å². The number of benzene rings is 2. The average Bonchev–Trinajstić information content (AvgIpc) is 3.43. The number of sulfonamides is 1. The van der Waals surface area contributed by atoms with E-state index in [0.717, 1.165) is 0 Å². The number of nitrogens with zero attached hydrogens (tertiary/aromatic N) is 6. The number of likely N-dealkylation sites (N-methyl/N-ethyl adjacent to an activating group) is 1. The van der Waals surface area contributed by atoms with E-state index in [1.165, 1.54) is 45.5 Å². The molecule has 2 heterocycles. The number of aliphatic hydroxyl groups excluding tert-OH is 1. The van der Waals surface area contributed by atoms with Gasteiger partial charge >= 0.3 is 0 Å². The molecule has 13 nitrogen and oxygen atoms in total. The van der Waals surface area contributed by atoms with Gasteiger partial charge in [0.05, 0.1) is 29.7 Å². The molecule has 208 valence electrons. The summed E-state index contributed by atoms with van der Waals surface area (Å²) in [6, 6.07) is 12.3. The lowest BCUT2D eigenvalue weighted by molar-refractivity contribution is -0.116. The topological polar surface area (TPSA) is 160 Å². The van der Waals surface area contributed by atoms with Crippen molar-refractivity contribution in [1.82, 2.24) is 29.4 Å². The Morgan fingerprint density at radius 1 is 1.26 bits per heavy atom. The molecule has 2 aromatic carbocycles. The molecule has 1 aliphatic heterocycles. The van der Waals surface area contributed by atoms with Crippen LogP contribution >= 0.6 is 0 Å². The number of carbonyl (C=O) groups excluding carboxylic acids is 2. The summed E-state index contributed by atoms with van der Waals surface area (Å²) in [7, 11) is -2.29. The second-order valence-corrected chi connectivity index (χ2v) is 11.5. The Balaban J connectivity index is 1.62. The van der Waals surface area contributed by atoms with Crippen LogP contribution in [0.5, 0.6) is 5.75 Å². The zero-order valence-electron chi connectivity index (χ0n) is 21.8. The highest BCUT2D eigenvalue weighted by atomic mass is 32.2. The van der Waals surface area contributed by atoms with Crippen molar-refractivity contribution in [3.05, 3.63) is 60.4 Å². The van der Waals surface area contributed by atoms with E-state index in [1.807, 2.05) is 6.92 Å². The Kier molecular flexibility index (Phi) is 8.57. The Hall–Kier alpha value is -3.88. The number of ether oxygens (including phenoxy) is 1. The molecular formula is C25H31N7O6S. The van der Waals surface area contributed by atoms with E-state index in [2.05, 4.69) is 20.8 Å². The molecule has 0 fully saturated rings. The SMILES string of the molecule is C[C@@H]1CN([C@H](C)CO)C(=O)c2cc(NC(=O)Cn3cnnn3)ccc2O[C@H]1CN(C)S(=O)(=O)c1ccccc1. The van der Waals surface area contributed by atoms with Gasteiger partial charge in [-0.3, -0.25) is 9.59 Å². The molecule has 0 saturated heterocycles. The van der Waals surface area contributed by atoms with Gasteiger partial charge in [0.15, 0.2) is 0 Å². The minimum Gasteiger partial charge on any atom is -0.488 e. The number of hydrogen-bond acceptors (Lipinski definition) is 9. The second kappa shape index (κ2) is 11.9. The number of fused-ring (bicyclic) bond motifs is 1. The molecular weight excluding hydrogens is 526 g/mol. The minimum absolute atomic E-state index is 0.0256. The maximum Gasteiger partial charge on any atom is 0.258 e. The number of anilines is 1. The van der Waals surface area contributed by atoms with Gasteiger partial charge in [0.25, 0.3) is 5.91 Å². The van der Waals surface area contributed by atoms with Crippen molar-refractivity contribution in [2.24, 2.45) is 5.92 Å². The fraction of sp³-hybridized carbons (Fsp3) is 0.400. The first-order valence-electron chi connectivity index (χ1n) is 12.3. The maximum absolute atomic E-state index is 13.6. The number of nitrogens with one attached hydrogen (secondary N) is 1. The van der Waals surface area contributed by atoms with Crippen molar-refractivity contribution >= 4 is 27.5 Å². The van der Waals surface area contributed by atoms with Gasteiger partial charge < -0.3 is 20.1 Å². The van der Waals surface area contributed by atoms with Crippen molar-refractivity contribution < 1.29 is 27.9 Å². The van der Waals surface area contributed by atoms with Crippen LogP contribution in [0.4, 0.5) is 5.69 Å². The number of aliphatic hydroxyl groups is 1. The summed E-state index contributed by atoms with van der Waals surface area (Å²) in [5.74, 6) is -0.809. The van der Waals surface area contributed by atoms with Crippen molar-refractivity contribution in [3.8, 4) is 5.75 Å². The molecule has 0 aliphatic carbocycles. The zero-order chi connectivity index (χ0) is 28.2. The molecule has 0 unspecified atom stereocenters. The van der Waals surface area contributed by atoms with E-state index in [0.29, 0.717) is 5.69 Å². The van der Waals surface area contributed by atoms with Crippen LogP contribution in [-0.4, -0.2) is 93.6 Å². The predicted octanol–water partition coefficient (Wildman–Crippen LogP) is 0.853. The van der Waals surface area contributed by atoms with Gasteiger partial charge in [0.1, 0.15) is 24.7 Å². The van der Waals surface area contributed by atoms with Crippen LogP contribution < -0.4 is 10.1 Å². The van der Waals surface area contributed by atoms with Crippen LogP contribution in [0.25, 0.3) is 0 Å². The quantitative estimate of drug-likeness (QED) is 0.389. The molecule has 4 rings (SSSR count). The van der Waals surface area contributed by atoms with Crippen LogP contribution in [0.1, 0.15) is 24.2 Å². The standard InChI is InChI=1S/C25H31N7O6S/c1-17-12-32(18(2)15-33)25(35)21-11-19(27-24(34)14-31-16-26-28-29-31)9-10-22(21)38-23(17)13-30(3)39(36,37)20-7-5-4-6-8-20/h4-11,16-18,23,33H,12-15H2,1-3H3,(H,27,34)/t17-,18-,23+/m1/s1. The molecule has 3 atom stereocenters. The summed E-state index contributed by atoms with van der Waals surface area (Å²) >= 11 is 0. The molecule has 0 radical (unpaired) electrons. The molecule has 0 spiro atoms. The van der Waals surface area contributed by atoms with E-state index < -0.39 is 28.1 Å². The Morgan fingerprint density at radius 2 is 2.00 bits per heavy atom. The first-order chi connectivity index (χ1) is 18.6. The van der Waals surface area contributed by atoms with Gasteiger partial charge in [-0.1, -0.05) is 25.1 Å². The number of amides is 2. The van der Waals surface area contributed by atoms with Crippen molar-refractivity contribution in [2.75, 3.05) is 32.1 Å². The van der Waals surface area contributed by atoms with Crippen LogP contribution in [0.3, 0.4) is 0 Å². The summed E-state index contributed by atoms with van der Waals surface area (Å²) in [5, 5.41) is 23.2. The smallest absolute Gasteiger partial charge is 0.258 e. The lowest BCUT2D eigenvalue weighted by atomic mass is 9.99. The summed E-state index contributed by atoms with van der Waals surface area (Å²) in [4.78, 5) is 27.7. The molecule has 0 saturated carbocycles. The molecule has 39 heavy (non-hydrogen) atoms. The fourth-order valence-electron chi connectivity index (χ4n) is 4.24. The highest BCUT2D eigenvalue weighted by molar-refractivity contribution is 7.89. The first kappa shape index (κ1) is 28.1. The van der Waals surface area contributed by atoms with Crippen LogP contribution in [0, 0.1) is 5.92 Å². The number of tetrazole rings is 1. The summed E-state index contributed by atoms with van der Waals surface area (Å²) in [5.41, 5.74) is 0.537. The normalized spacial score (nSPS) is 18.6. The minimum atomic E-state index is -3.78. The maximum atomic E-state index is 13.6. The second-order valence-electron chi connectivity index (χ2n) is 9.49. The third-order valence-electron chi connectivity index (χ3n) is 6.53. The van der Waals surface area contributed by atoms with E-state index in [4.69, 9.17) is 4.74 Å². The third-order valence-corrected chi connectivity index (χ3v) is 8.37. The molecule has 2 amide bonds. The highest BCUT2D eigenvalue weighted by Crippen LogP contribution is 2.31. The molecule has 0 bridgehead atoms. The number of rotatable bonds is 9. The molecule has 1 aromatic heterocycles. The van der Waals surface area contributed by atoms with E-state index in [-0.39, 0.29) is 54.3 Å². The van der Waals surface area contributed by atoms with Gasteiger partial charge in [0.2, 0.25) is 15.9 Å². The molecule has 1 aliphatic rings. The fourth-order valence-corrected chi connectivity index (χ4v) is 5.45. The van der Waals surface area contributed by atoms with Crippen molar-refractivity contribution in [2.45, 2.75) is 37.4 Å². The van der Waals surface area contributed by atoms with Gasteiger partial charge in [-0.05, 0) is 47.7 Å². The zero-order valence-corrected chi connectivity index (χ0v) is 22.7. The van der Waals surface area contributed by atoms with Crippen LogP contribution in [-0.2, 0) is 21.4 Å². The van der Waals surface area contributed by atoms with Gasteiger partial charge in [-0.2, -0.15) is 4.31 Å².